The van der Waals surface area contributed by atoms with Crippen LogP contribution in [0.15, 0.2) is 36.4 Å². The molecule has 0 aliphatic rings. The third-order valence-electron chi connectivity index (χ3n) is 4.22. The van der Waals surface area contributed by atoms with Gasteiger partial charge in [-0.05, 0) is 11.5 Å². The molecule has 29 heavy (non-hydrogen) atoms. The van der Waals surface area contributed by atoms with E-state index in [0.29, 0.717) is 12.1 Å². The van der Waals surface area contributed by atoms with Crippen molar-refractivity contribution < 1.29 is 39.9 Å². The van der Waals surface area contributed by atoms with Crippen LogP contribution in [0.5, 0.6) is 5.75 Å². The summed E-state index contributed by atoms with van der Waals surface area (Å²) >= 11 is 0. The highest BCUT2D eigenvalue weighted by Gasteiger charge is 2.37. The average Bonchev–Trinajstić information content (AvgIpc) is 2.58. The molecule has 0 heterocycles. The number of benzene rings is 3. The first-order chi connectivity index (χ1) is 13.6. The van der Waals surface area contributed by atoms with E-state index in [1.165, 1.54) is 0 Å². The van der Waals surface area contributed by atoms with Gasteiger partial charge in [-0.25, -0.2) is 35.1 Å². The van der Waals surface area contributed by atoms with Crippen LogP contribution in [0, 0.1) is 46.5 Å². The lowest BCUT2D eigenvalue weighted by molar-refractivity contribution is 0.387. The van der Waals surface area contributed by atoms with Crippen LogP contribution in [0.25, 0.3) is 0 Å². The lowest BCUT2D eigenvalue weighted by Crippen LogP contribution is -2.57. The first-order valence-electron chi connectivity index (χ1n) is 7.95. The highest BCUT2D eigenvalue weighted by Crippen LogP contribution is 2.19. The molecule has 0 aromatic heterocycles. The summed E-state index contributed by atoms with van der Waals surface area (Å²) < 4.78 is 117. The zero-order chi connectivity index (χ0) is 21.5. The van der Waals surface area contributed by atoms with Crippen LogP contribution in [0.2, 0.25) is 0 Å². The van der Waals surface area contributed by atoms with Crippen molar-refractivity contribution >= 4 is 23.1 Å². The second-order valence-electron chi connectivity index (χ2n) is 6.01. The van der Waals surface area contributed by atoms with Gasteiger partial charge in [-0.15, -0.1) is 0 Å². The van der Waals surface area contributed by atoms with Crippen molar-refractivity contribution in [1.82, 2.24) is 0 Å². The Balaban J connectivity index is 2.46. The quantitative estimate of drug-likeness (QED) is 0.469. The molecule has 0 atom stereocenters. The Bertz CT molecular complexity index is 998. The Hall–Kier alpha value is -3.04. The van der Waals surface area contributed by atoms with Gasteiger partial charge in [-0.2, -0.15) is 0 Å². The molecule has 3 aromatic rings. The normalized spacial score (nSPS) is 10.9. The molecule has 1 nitrogen and oxygen atoms in total. The third kappa shape index (κ3) is 3.79. The third-order valence-corrected chi connectivity index (χ3v) is 4.22. The Morgan fingerprint density at radius 2 is 0.897 bits per heavy atom. The van der Waals surface area contributed by atoms with E-state index in [1.54, 1.807) is 0 Å². The molecule has 0 saturated carbocycles. The van der Waals surface area contributed by atoms with Crippen molar-refractivity contribution in [1.29, 1.82) is 0 Å². The van der Waals surface area contributed by atoms with Gasteiger partial charge in [0.2, 0.25) is 0 Å². The van der Waals surface area contributed by atoms with E-state index in [-0.39, 0.29) is 24.3 Å². The van der Waals surface area contributed by atoms with Crippen LogP contribution >= 0.6 is 0 Å². The fraction of sp³-hybridized carbons (Fsp3) is 0.0526. The maximum atomic E-state index is 14.5. The van der Waals surface area contributed by atoms with Crippen LogP contribution < -0.4 is 21.1 Å². The largest absolute Gasteiger partial charge is 0.494 e. The minimum absolute atomic E-state index is 0.229. The highest BCUT2D eigenvalue weighted by atomic mass is 19.2. The average molecular weight is 416 g/mol. The van der Waals surface area contributed by atoms with Gasteiger partial charge in [-0.3, -0.25) is 0 Å². The number of hydrogen-bond donors (Lipinski definition) is 0. The number of ether oxygens (including phenoxy) is 1. The van der Waals surface area contributed by atoms with E-state index >= 15 is 0 Å². The van der Waals surface area contributed by atoms with Crippen LogP contribution in [0.1, 0.15) is 0 Å². The second-order valence-corrected chi connectivity index (χ2v) is 6.01. The Morgan fingerprint density at radius 1 is 0.552 bits per heavy atom. The van der Waals surface area contributed by atoms with Crippen LogP contribution in [0.4, 0.5) is 35.1 Å². The maximum absolute atomic E-state index is 14.5. The SMILES string of the molecule is COc1c(F)cc(F)cc1B(c1c(F)cc(F)cc1F)c1c(F)cc(F)cc1F. The number of halogens is 8. The second kappa shape index (κ2) is 7.77. The maximum Gasteiger partial charge on any atom is 0.261 e. The van der Waals surface area contributed by atoms with Crippen molar-refractivity contribution in [3.05, 3.63) is 82.9 Å². The number of rotatable bonds is 4. The summed E-state index contributed by atoms with van der Waals surface area (Å²) in [6, 6.07) is 1.85. The molecule has 0 N–H and O–H groups in total. The standard InChI is InChI=1S/C19H9BF8O/c1-29-19-11(2-8(21)7-16(19)28)20(17-12(24)3-9(22)4-13(17)25)18-14(26)5-10(23)6-15(18)27/h2-7H,1H3. The van der Waals surface area contributed by atoms with E-state index in [1.807, 2.05) is 0 Å². The molecule has 0 aliphatic heterocycles. The lowest BCUT2D eigenvalue weighted by Gasteiger charge is -2.21. The lowest BCUT2D eigenvalue weighted by atomic mass is 9.36. The molecule has 150 valence electrons. The summed E-state index contributed by atoms with van der Waals surface area (Å²) in [5, 5.41) is 0. The molecule has 3 rings (SSSR count). The summed E-state index contributed by atoms with van der Waals surface area (Å²) in [4.78, 5) is 0. The van der Waals surface area contributed by atoms with E-state index < -0.39 is 75.4 Å². The smallest absolute Gasteiger partial charge is 0.261 e. The predicted octanol–water partition coefficient (Wildman–Crippen LogP) is 3.32. The first kappa shape index (κ1) is 20.7. The van der Waals surface area contributed by atoms with E-state index in [2.05, 4.69) is 0 Å². The molecular weight excluding hydrogens is 407 g/mol. The summed E-state index contributed by atoms with van der Waals surface area (Å²) in [6.07, 6.45) is 0. The van der Waals surface area contributed by atoms with Crippen LogP contribution in [0.3, 0.4) is 0 Å². The van der Waals surface area contributed by atoms with Gasteiger partial charge < -0.3 is 4.74 Å². The molecule has 0 unspecified atom stereocenters. The molecule has 3 aromatic carbocycles. The summed E-state index contributed by atoms with van der Waals surface area (Å²) in [5.41, 5.74) is -2.92. The van der Waals surface area contributed by atoms with E-state index in [9.17, 15) is 35.1 Å². The van der Waals surface area contributed by atoms with Crippen LogP contribution in [-0.4, -0.2) is 13.8 Å². The molecule has 0 radical (unpaired) electrons. The minimum atomic E-state index is -2.17. The summed E-state index contributed by atoms with van der Waals surface area (Å²) in [6.45, 7) is -2.17. The van der Waals surface area contributed by atoms with Gasteiger partial charge in [0.1, 0.15) is 46.5 Å². The van der Waals surface area contributed by atoms with Gasteiger partial charge in [0.15, 0.2) is 5.82 Å². The van der Waals surface area contributed by atoms with Crippen molar-refractivity contribution in [3.8, 4) is 5.75 Å². The molecule has 0 fully saturated rings. The molecule has 0 spiro atoms. The number of hydrogen-bond acceptors (Lipinski definition) is 1. The Labute approximate surface area is 159 Å². The van der Waals surface area contributed by atoms with Gasteiger partial charge in [0.25, 0.3) is 6.71 Å². The van der Waals surface area contributed by atoms with Gasteiger partial charge in [0.05, 0.1) is 7.11 Å². The molecule has 0 bridgehead atoms. The van der Waals surface area contributed by atoms with Crippen molar-refractivity contribution in [3.63, 3.8) is 0 Å². The molecule has 0 aliphatic carbocycles. The molecule has 0 amide bonds. The van der Waals surface area contributed by atoms with Crippen molar-refractivity contribution in [2.24, 2.45) is 0 Å². The number of methoxy groups -OCH3 is 1. The zero-order valence-electron chi connectivity index (χ0n) is 14.5. The van der Waals surface area contributed by atoms with Gasteiger partial charge in [0, 0.05) is 41.3 Å². The summed E-state index contributed by atoms with van der Waals surface area (Å²) in [5.74, 6) is -12.3. The minimum Gasteiger partial charge on any atom is -0.494 e. The van der Waals surface area contributed by atoms with Crippen molar-refractivity contribution in [2.75, 3.05) is 7.11 Å². The van der Waals surface area contributed by atoms with Crippen LogP contribution in [-0.2, 0) is 0 Å². The van der Waals surface area contributed by atoms with Gasteiger partial charge >= 0.3 is 0 Å². The molecule has 10 heteroatoms. The Morgan fingerprint density at radius 3 is 1.28 bits per heavy atom. The monoisotopic (exact) mass is 416 g/mol. The fourth-order valence-electron chi connectivity index (χ4n) is 3.12. The van der Waals surface area contributed by atoms with E-state index in [4.69, 9.17) is 4.74 Å². The first-order valence-corrected chi connectivity index (χ1v) is 7.95. The molecule has 0 saturated heterocycles. The summed E-state index contributed by atoms with van der Waals surface area (Å²) in [7, 11) is 0.936. The van der Waals surface area contributed by atoms with E-state index in [0.717, 1.165) is 7.11 Å². The fourth-order valence-corrected chi connectivity index (χ4v) is 3.12. The van der Waals surface area contributed by atoms with Gasteiger partial charge in [-0.1, -0.05) is 0 Å². The molecular formula is C19H9BF8O. The highest BCUT2D eigenvalue weighted by molar-refractivity contribution is 6.96. The van der Waals surface area contributed by atoms with Crippen molar-refractivity contribution in [2.45, 2.75) is 0 Å². The Kier molecular flexibility index (Phi) is 5.54. The predicted molar refractivity (Wildman–Crippen MR) is 90.2 cm³/mol. The zero-order valence-corrected chi connectivity index (χ0v) is 14.5. The topological polar surface area (TPSA) is 9.23 Å².